The fourth-order valence-corrected chi connectivity index (χ4v) is 2.32. The van der Waals surface area contributed by atoms with Crippen LogP contribution in [0.3, 0.4) is 0 Å². The summed E-state index contributed by atoms with van der Waals surface area (Å²) in [5.41, 5.74) is 6.24. The van der Waals surface area contributed by atoms with E-state index >= 15 is 0 Å². The van der Waals surface area contributed by atoms with Crippen LogP contribution in [0.1, 0.15) is 12.8 Å². The van der Waals surface area contributed by atoms with E-state index in [9.17, 15) is 4.79 Å². The number of halogens is 1. The second kappa shape index (κ2) is 8.10. The quantitative estimate of drug-likeness (QED) is 0.799. The number of nitrogens with two attached hydrogens (primary N) is 1. The standard InChI is InChI=1S/C16H20ClN3O3/c1-11(16(18)21)20(6-7-22-2)10-15-19-9-14(23-15)12-4-3-5-13(17)8-12/h3-5,8-9,11H,6-7,10H2,1-2H3,(H2,18,21). The first-order chi connectivity index (χ1) is 11.0. The number of carbonyl (C=O) groups is 1. The van der Waals surface area contributed by atoms with Gasteiger partial charge in [0.25, 0.3) is 0 Å². The average molecular weight is 338 g/mol. The molecule has 2 rings (SSSR count). The first-order valence-electron chi connectivity index (χ1n) is 7.24. The molecule has 7 heteroatoms. The van der Waals surface area contributed by atoms with Crippen molar-refractivity contribution in [3.05, 3.63) is 41.4 Å². The smallest absolute Gasteiger partial charge is 0.234 e. The molecule has 2 aromatic rings. The molecule has 1 atom stereocenters. The molecule has 1 aromatic heterocycles. The Morgan fingerprint density at radius 2 is 2.30 bits per heavy atom. The van der Waals surface area contributed by atoms with Crippen molar-refractivity contribution in [3.63, 3.8) is 0 Å². The SMILES string of the molecule is COCCN(Cc1ncc(-c2cccc(Cl)c2)o1)C(C)C(N)=O. The van der Waals surface area contributed by atoms with Crippen LogP contribution in [0.25, 0.3) is 11.3 Å². The number of nitrogens with zero attached hydrogens (tertiary/aromatic N) is 2. The Balaban J connectivity index is 2.13. The van der Waals surface area contributed by atoms with Crippen LogP contribution >= 0.6 is 11.6 Å². The predicted molar refractivity (Wildman–Crippen MR) is 87.9 cm³/mol. The number of carbonyl (C=O) groups excluding carboxylic acids is 1. The van der Waals surface area contributed by atoms with Crippen LogP contribution < -0.4 is 5.73 Å². The van der Waals surface area contributed by atoms with Gasteiger partial charge in [-0.05, 0) is 19.1 Å². The maximum atomic E-state index is 11.4. The lowest BCUT2D eigenvalue weighted by Gasteiger charge is -2.25. The zero-order valence-corrected chi connectivity index (χ0v) is 13.9. The van der Waals surface area contributed by atoms with E-state index in [1.54, 1.807) is 32.4 Å². The molecule has 0 spiro atoms. The van der Waals surface area contributed by atoms with Crippen LogP contribution in [-0.4, -0.2) is 42.1 Å². The first-order valence-corrected chi connectivity index (χ1v) is 7.62. The Morgan fingerprint density at radius 1 is 1.52 bits per heavy atom. The first kappa shape index (κ1) is 17.5. The number of primary amides is 1. The van der Waals surface area contributed by atoms with Crippen molar-refractivity contribution in [1.29, 1.82) is 0 Å². The van der Waals surface area contributed by atoms with Crippen molar-refractivity contribution in [1.82, 2.24) is 9.88 Å². The van der Waals surface area contributed by atoms with Gasteiger partial charge in [0, 0.05) is 24.2 Å². The maximum Gasteiger partial charge on any atom is 0.234 e. The minimum atomic E-state index is -0.438. The van der Waals surface area contributed by atoms with E-state index in [0.717, 1.165) is 5.56 Å². The summed E-state index contributed by atoms with van der Waals surface area (Å²) >= 11 is 5.98. The molecule has 0 aliphatic rings. The van der Waals surface area contributed by atoms with Crippen LogP contribution in [0.2, 0.25) is 5.02 Å². The van der Waals surface area contributed by atoms with Crippen molar-refractivity contribution >= 4 is 17.5 Å². The second-order valence-electron chi connectivity index (χ2n) is 5.17. The summed E-state index contributed by atoms with van der Waals surface area (Å²) in [7, 11) is 1.61. The highest BCUT2D eigenvalue weighted by Gasteiger charge is 2.21. The third-order valence-electron chi connectivity index (χ3n) is 3.54. The minimum absolute atomic E-state index is 0.369. The summed E-state index contributed by atoms with van der Waals surface area (Å²) in [5.74, 6) is 0.729. The highest BCUT2D eigenvalue weighted by atomic mass is 35.5. The molecular formula is C16H20ClN3O3. The average Bonchev–Trinajstić information content (AvgIpc) is 2.99. The van der Waals surface area contributed by atoms with Gasteiger partial charge in [0.15, 0.2) is 5.76 Å². The highest BCUT2D eigenvalue weighted by Crippen LogP contribution is 2.24. The maximum absolute atomic E-state index is 11.4. The van der Waals surface area contributed by atoms with Crippen LogP contribution in [0, 0.1) is 0 Å². The normalized spacial score (nSPS) is 12.5. The van der Waals surface area contributed by atoms with Crippen molar-refractivity contribution in [2.45, 2.75) is 19.5 Å². The summed E-state index contributed by atoms with van der Waals surface area (Å²) in [6.07, 6.45) is 1.64. The molecule has 1 heterocycles. The van der Waals surface area contributed by atoms with Gasteiger partial charge < -0.3 is 14.9 Å². The van der Waals surface area contributed by atoms with Gasteiger partial charge in [0.05, 0.1) is 25.4 Å². The molecule has 0 saturated carbocycles. The van der Waals surface area contributed by atoms with Gasteiger partial charge in [-0.15, -0.1) is 0 Å². The van der Waals surface area contributed by atoms with Gasteiger partial charge in [0.1, 0.15) is 0 Å². The monoisotopic (exact) mass is 337 g/mol. The molecule has 0 aliphatic carbocycles. The summed E-state index contributed by atoms with van der Waals surface area (Å²) in [6, 6.07) is 6.90. The molecule has 0 fully saturated rings. The van der Waals surface area contributed by atoms with Gasteiger partial charge in [-0.1, -0.05) is 23.7 Å². The summed E-state index contributed by atoms with van der Waals surface area (Å²) in [5, 5.41) is 0.629. The Morgan fingerprint density at radius 3 is 2.96 bits per heavy atom. The molecular weight excluding hydrogens is 318 g/mol. The topological polar surface area (TPSA) is 81.6 Å². The van der Waals surface area contributed by atoms with Crippen LogP contribution in [0.15, 0.2) is 34.9 Å². The second-order valence-corrected chi connectivity index (χ2v) is 5.61. The molecule has 0 saturated heterocycles. The van der Waals surface area contributed by atoms with Crippen LogP contribution in [0.4, 0.5) is 0 Å². The van der Waals surface area contributed by atoms with E-state index < -0.39 is 11.9 Å². The fraction of sp³-hybridized carbons (Fsp3) is 0.375. The molecule has 6 nitrogen and oxygen atoms in total. The number of aromatic nitrogens is 1. The predicted octanol–water partition coefficient (Wildman–Crippen LogP) is 2.32. The van der Waals surface area contributed by atoms with Crippen molar-refractivity contribution in [2.24, 2.45) is 5.73 Å². The zero-order chi connectivity index (χ0) is 16.8. The molecule has 0 radical (unpaired) electrons. The number of benzene rings is 1. The lowest BCUT2D eigenvalue weighted by atomic mass is 10.2. The number of methoxy groups -OCH3 is 1. The van der Waals surface area contributed by atoms with E-state index in [-0.39, 0.29) is 0 Å². The molecule has 1 unspecified atom stereocenters. The third kappa shape index (κ3) is 4.79. The summed E-state index contributed by atoms with van der Waals surface area (Å²) in [6.45, 7) is 3.15. The van der Waals surface area contributed by atoms with Crippen LogP contribution in [-0.2, 0) is 16.1 Å². The van der Waals surface area contributed by atoms with Gasteiger partial charge in [0.2, 0.25) is 11.8 Å². The molecule has 23 heavy (non-hydrogen) atoms. The van der Waals surface area contributed by atoms with Crippen molar-refractivity contribution in [3.8, 4) is 11.3 Å². The highest BCUT2D eigenvalue weighted by molar-refractivity contribution is 6.30. The molecule has 0 bridgehead atoms. The largest absolute Gasteiger partial charge is 0.439 e. The van der Waals surface area contributed by atoms with Crippen molar-refractivity contribution < 1.29 is 13.9 Å². The molecule has 1 aromatic carbocycles. The Bertz CT molecular complexity index is 660. The van der Waals surface area contributed by atoms with E-state index in [4.69, 9.17) is 26.5 Å². The van der Waals surface area contributed by atoms with Gasteiger partial charge in [-0.3, -0.25) is 9.69 Å². The van der Waals surface area contributed by atoms with Gasteiger partial charge in [-0.2, -0.15) is 0 Å². The zero-order valence-electron chi connectivity index (χ0n) is 13.2. The number of rotatable bonds is 8. The van der Waals surface area contributed by atoms with E-state index in [0.29, 0.717) is 36.4 Å². The van der Waals surface area contributed by atoms with Crippen molar-refractivity contribution in [2.75, 3.05) is 20.3 Å². The van der Waals surface area contributed by atoms with Crippen LogP contribution in [0.5, 0.6) is 0 Å². The number of ether oxygens (including phenoxy) is 1. The molecule has 2 N–H and O–H groups in total. The molecule has 124 valence electrons. The Labute approximate surface area is 140 Å². The molecule has 1 amide bonds. The fourth-order valence-electron chi connectivity index (χ4n) is 2.13. The number of hydrogen-bond acceptors (Lipinski definition) is 5. The third-order valence-corrected chi connectivity index (χ3v) is 3.78. The lowest BCUT2D eigenvalue weighted by molar-refractivity contribution is -0.123. The van der Waals surface area contributed by atoms with Gasteiger partial charge in [-0.25, -0.2) is 4.98 Å². The minimum Gasteiger partial charge on any atom is -0.439 e. The lowest BCUT2D eigenvalue weighted by Crippen LogP contribution is -2.43. The number of amides is 1. The van der Waals surface area contributed by atoms with Gasteiger partial charge >= 0.3 is 0 Å². The number of oxazole rings is 1. The van der Waals surface area contributed by atoms with E-state index in [1.165, 1.54) is 0 Å². The van der Waals surface area contributed by atoms with E-state index in [1.807, 2.05) is 17.0 Å². The summed E-state index contributed by atoms with van der Waals surface area (Å²) in [4.78, 5) is 17.6. The van der Waals surface area contributed by atoms with E-state index in [2.05, 4.69) is 4.98 Å². The Hall–Kier alpha value is -1.89. The summed E-state index contributed by atoms with van der Waals surface area (Å²) < 4.78 is 10.8. The Kier molecular flexibility index (Phi) is 6.15. The number of hydrogen-bond donors (Lipinski definition) is 1. The molecule has 0 aliphatic heterocycles.